The lowest BCUT2D eigenvalue weighted by atomic mass is 10.1. The topological polar surface area (TPSA) is 75.3 Å². The molecule has 1 aromatic rings. The third-order valence-electron chi connectivity index (χ3n) is 1.75. The molecule has 0 saturated carbocycles. The van der Waals surface area contributed by atoms with E-state index in [1.54, 1.807) is 0 Å². The Labute approximate surface area is 95.6 Å². The number of anilines is 1. The van der Waals surface area contributed by atoms with E-state index in [4.69, 9.17) is 10.8 Å². The Morgan fingerprint density at radius 3 is 2.86 bits per heavy atom. The number of hydrogen-bond donors (Lipinski definition) is 3. The number of rotatable bonds is 3. The maximum absolute atomic E-state index is 10.2. The second-order valence-corrected chi connectivity index (χ2v) is 4.00. The van der Waals surface area contributed by atoms with Gasteiger partial charge < -0.3 is 16.2 Å². The van der Waals surface area contributed by atoms with Crippen molar-refractivity contribution < 1.29 is 9.90 Å². The molecule has 4 N–H and O–H groups in total. The molecule has 0 aliphatic carbocycles. The summed E-state index contributed by atoms with van der Waals surface area (Å²) in [5.41, 5.74) is 7.48. The van der Waals surface area contributed by atoms with Crippen molar-refractivity contribution in [1.82, 2.24) is 5.32 Å². The van der Waals surface area contributed by atoms with Crippen LogP contribution in [0.5, 0.6) is 0 Å². The van der Waals surface area contributed by atoms with Gasteiger partial charge in [0, 0.05) is 15.8 Å². The van der Waals surface area contributed by atoms with Crippen molar-refractivity contribution in [3.8, 4) is 0 Å². The maximum atomic E-state index is 10.2. The van der Waals surface area contributed by atoms with Crippen LogP contribution in [0.2, 0.25) is 0 Å². The third kappa shape index (κ3) is 3.41. The van der Waals surface area contributed by atoms with Crippen LogP contribution in [0.1, 0.15) is 5.56 Å². The number of amides is 1. The summed E-state index contributed by atoms with van der Waals surface area (Å²) in [6.45, 7) is 0.426. The summed E-state index contributed by atoms with van der Waals surface area (Å²) in [5.74, 6) is 0. The quantitative estimate of drug-likeness (QED) is 0.587. The van der Waals surface area contributed by atoms with Gasteiger partial charge in [0.1, 0.15) is 0 Å². The highest BCUT2D eigenvalue weighted by atomic mass is 127. The summed E-state index contributed by atoms with van der Waals surface area (Å²) in [5, 5.41) is 10.7. The molecule has 0 radical (unpaired) electrons. The van der Waals surface area contributed by atoms with Gasteiger partial charge in [0.05, 0.1) is 0 Å². The Bertz CT molecular complexity index is 342. The van der Waals surface area contributed by atoms with Crippen molar-refractivity contribution >= 4 is 34.4 Å². The molecular weight excluding hydrogens is 295 g/mol. The molecule has 0 heterocycles. The number of benzene rings is 1. The standard InChI is InChI=1S/C9H11IN2O2/c10-7-5-6(1-2-8(7)11)3-4-12-9(13)14/h1-2,5,12H,3-4,11H2,(H,13,14). The Hall–Kier alpha value is -0.980. The van der Waals surface area contributed by atoms with Crippen molar-refractivity contribution in [2.75, 3.05) is 12.3 Å². The number of hydrogen-bond acceptors (Lipinski definition) is 2. The molecule has 0 unspecified atom stereocenters. The molecule has 1 aromatic carbocycles. The van der Waals surface area contributed by atoms with E-state index in [0.29, 0.717) is 13.0 Å². The fraction of sp³-hybridized carbons (Fsp3) is 0.222. The summed E-state index contributed by atoms with van der Waals surface area (Å²) < 4.78 is 0.996. The van der Waals surface area contributed by atoms with Crippen molar-refractivity contribution in [3.05, 3.63) is 27.3 Å². The molecule has 0 aromatic heterocycles. The second-order valence-electron chi connectivity index (χ2n) is 2.84. The van der Waals surface area contributed by atoms with Gasteiger partial charge in [-0.15, -0.1) is 0 Å². The highest BCUT2D eigenvalue weighted by molar-refractivity contribution is 14.1. The van der Waals surface area contributed by atoms with Gasteiger partial charge in [0.25, 0.3) is 0 Å². The van der Waals surface area contributed by atoms with E-state index in [1.807, 2.05) is 18.2 Å². The van der Waals surface area contributed by atoms with Crippen LogP contribution in [0, 0.1) is 3.57 Å². The molecule has 76 valence electrons. The highest BCUT2D eigenvalue weighted by Crippen LogP contribution is 2.16. The van der Waals surface area contributed by atoms with Gasteiger partial charge in [0.2, 0.25) is 0 Å². The van der Waals surface area contributed by atoms with Crippen LogP contribution in [0.25, 0.3) is 0 Å². The summed E-state index contributed by atoms with van der Waals surface area (Å²) in [4.78, 5) is 10.2. The van der Waals surface area contributed by atoms with Crippen LogP contribution in [-0.2, 0) is 6.42 Å². The number of nitrogens with one attached hydrogen (secondary N) is 1. The van der Waals surface area contributed by atoms with E-state index >= 15 is 0 Å². The van der Waals surface area contributed by atoms with E-state index in [-0.39, 0.29) is 0 Å². The number of carbonyl (C=O) groups is 1. The SMILES string of the molecule is Nc1ccc(CCNC(=O)O)cc1I. The van der Waals surface area contributed by atoms with Gasteiger partial charge in [-0.1, -0.05) is 6.07 Å². The zero-order valence-corrected chi connectivity index (χ0v) is 9.61. The van der Waals surface area contributed by atoms with Crippen molar-refractivity contribution in [2.45, 2.75) is 6.42 Å². The average Bonchev–Trinajstić information content (AvgIpc) is 2.10. The molecule has 0 aliphatic heterocycles. The van der Waals surface area contributed by atoms with E-state index in [1.165, 1.54) is 0 Å². The fourth-order valence-electron chi connectivity index (χ4n) is 1.04. The Balaban J connectivity index is 2.51. The zero-order chi connectivity index (χ0) is 10.6. The molecule has 0 spiro atoms. The van der Waals surface area contributed by atoms with Crippen LogP contribution in [0.4, 0.5) is 10.5 Å². The fourth-order valence-corrected chi connectivity index (χ4v) is 1.62. The highest BCUT2D eigenvalue weighted by Gasteiger charge is 1.99. The van der Waals surface area contributed by atoms with Gasteiger partial charge in [-0.3, -0.25) is 0 Å². The van der Waals surface area contributed by atoms with E-state index < -0.39 is 6.09 Å². The van der Waals surface area contributed by atoms with Crippen molar-refractivity contribution in [3.63, 3.8) is 0 Å². The lowest BCUT2D eigenvalue weighted by molar-refractivity contribution is 0.194. The first-order valence-corrected chi connectivity index (χ1v) is 5.18. The lowest BCUT2D eigenvalue weighted by Crippen LogP contribution is -2.23. The van der Waals surface area contributed by atoms with Gasteiger partial charge in [-0.2, -0.15) is 0 Å². The average molecular weight is 306 g/mol. The monoisotopic (exact) mass is 306 g/mol. The molecule has 14 heavy (non-hydrogen) atoms. The molecule has 0 aliphatic rings. The molecule has 0 saturated heterocycles. The summed E-state index contributed by atoms with van der Waals surface area (Å²) in [7, 11) is 0. The molecule has 5 heteroatoms. The number of nitrogens with two attached hydrogens (primary N) is 1. The normalized spacial score (nSPS) is 9.79. The predicted molar refractivity (Wildman–Crippen MR) is 63.3 cm³/mol. The number of halogens is 1. The summed E-state index contributed by atoms with van der Waals surface area (Å²) in [6, 6.07) is 5.69. The Kier molecular flexibility index (Phi) is 3.99. The Morgan fingerprint density at radius 1 is 1.57 bits per heavy atom. The van der Waals surface area contributed by atoms with Crippen LogP contribution in [0.15, 0.2) is 18.2 Å². The van der Waals surface area contributed by atoms with Crippen LogP contribution in [0.3, 0.4) is 0 Å². The van der Waals surface area contributed by atoms with E-state index in [2.05, 4.69) is 27.9 Å². The van der Waals surface area contributed by atoms with E-state index in [0.717, 1.165) is 14.8 Å². The van der Waals surface area contributed by atoms with Crippen LogP contribution >= 0.6 is 22.6 Å². The first-order chi connectivity index (χ1) is 6.59. The first kappa shape index (κ1) is 11.1. The van der Waals surface area contributed by atoms with Crippen molar-refractivity contribution in [1.29, 1.82) is 0 Å². The Morgan fingerprint density at radius 2 is 2.29 bits per heavy atom. The molecule has 0 fully saturated rings. The minimum Gasteiger partial charge on any atom is -0.465 e. The van der Waals surface area contributed by atoms with Gasteiger partial charge in [-0.25, -0.2) is 4.79 Å². The minimum atomic E-state index is -0.991. The van der Waals surface area contributed by atoms with Crippen molar-refractivity contribution in [2.24, 2.45) is 0 Å². The summed E-state index contributed by atoms with van der Waals surface area (Å²) in [6.07, 6.45) is -0.307. The number of nitrogen functional groups attached to an aromatic ring is 1. The largest absolute Gasteiger partial charge is 0.465 e. The molecule has 1 amide bonds. The van der Waals surface area contributed by atoms with Gasteiger partial charge in [0.15, 0.2) is 0 Å². The van der Waals surface area contributed by atoms with Crippen LogP contribution < -0.4 is 11.1 Å². The molecule has 0 atom stereocenters. The third-order valence-corrected chi connectivity index (χ3v) is 2.69. The maximum Gasteiger partial charge on any atom is 0.404 e. The predicted octanol–water partition coefficient (Wildman–Crippen LogP) is 1.68. The molecule has 1 rings (SSSR count). The smallest absolute Gasteiger partial charge is 0.404 e. The molecule has 0 bridgehead atoms. The molecular formula is C9H11IN2O2. The van der Waals surface area contributed by atoms with Gasteiger partial charge in [-0.05, 0) is 46.7 Å². The summed E-state index contributed by atoms with van der Waals surface area (Å²) >= 11 is 2.15. The minimum absolute atomic E-state index is 0.426. The number of carboxylic acid groups (broad SMARTS) is 1. The zero-order valence-electron chi connectivity index (χ0n) is 7.46. The van der Waals surface area contributed by atoms with E-state index in [9.17, 15) is 4.79 Å². The lowest BCUT2D eigenvalue weighted by Gasteiger charge is -2.04. The second kappa shape index (κ2) is 5.04. The van der Waals surface area contributed by atoms with Crippen LogP contribution in [-0.4, -0.2) is 17.7 Å². The van der Waals surface area contributed by atoms with Gasteiger partial charge >= 0.3 is 6.09 Å². The first-order valence-electron chi connectivity index (χ1n) is 4.10. The molecule has 4 nitrogen and oxygen atoms in total.